The summed E-state index contributed by atoms with van der Waals surface area (Å²) in [6, 6.07) is 0. The lowest BCUT2D eigenvalue weighted by Crippen LogP contribution is -2.47. The molecular formula is C12H22O2. The molecule has 1 N–H and O–H groups in total. The van der Waals surface area contributed by atoms with E-state index < -0.39 is 0 Å². The molecule has 0 aliphatic heterocycles. The van der Waals surface area contributed by atoms with Crippen LogP contribution in [0.2, 0.25) is 0 Å². The van der Waals surface area contributed by atoms with Crippen molar-refractivity contribution in [2.75, 3.05) is 13.7 Å². The van der Waals surface area contributed by atoms with Crippen LogP contribution in [0, 0.1) is 11.3 Å². The number of hydrogen-bond acceptors (Lipinski definition) is 2. The lowest BCUT2D eigenvalue weighted by Gasteiger charge is -2.50. The summed E-state index contributed by atoms with van der Waals surface area (Å²) in [5, 5.41) is 9.55. The van der Waals surface area contributed by atoms with Gasteiger partial charge in [-0.25, -0.2) is 0 Å². The van der Waals surface area contributed by atoms with Crippen molar-refractivity contribution >= 4 is 0 Å². The first-order valence-electron chi connectivity index (χ1n) is 5.96. The number of rotatable bonds is 3. The van der Waals surface area contributed by atoms with Gasteiger partial charge in [-0.05, 0) is 37.0 Å². The summed E-state index contributed by atoms with van der Waals surface area (Å²) in [4.78, 5) is 0. The number of ether oxygens (including phenoxy) is 1. The largest absolute Gasteiger partial charge is 0.396 e. The number of hydrogen-bond donors (Lipinski definition) is 1. The van der Waals surface area contributed by atoms with Crippen LogP contribution in [0.15, 0.2) is 0 Å². The van der Waals surface area contributed by atoms with Crippen molar-refractivity contribution in [2.24, 2.45) is 11.3 Å². The third-order valence-corrected chi connectivity index (χ3v) is 4.46. The molecule has 0 aromatic carbocycles. The van der Waals surface area contributed by atoms with Gasteiger partial charge in [0.05, 0.1) is 6.10 Å². The van der Waals surface area contributed by atoms with Crippen LogP contribution in [0.5, 0.6) is 0 Å². The van der Waals surface area contributed by atoms with Crippen molar-refractivity contribution in [1.29, 1.82) is 0 Å². The molecule has 0 saturated heterocycles. The Morgan fingerprint density at radius 3 is 2.43 bits per heavy atom. The van der Waals surface area contributed by atoms with E-state index in [0.717, 1.165) is 0 Å². The van der Waals surface area contributed by atoms with E-state index in [1.54, 1.807) is 0 Å². The van der Waals surface area contributed by atoms with Gasteiger partial charge in [0.25, 0.3) is 0 Å². The van der Waals surface area contributed by atoms with Crippen LogP contribution >= 0.6 is 0 Å². The van der Waals surface area contributed by atoms with Gasteiger partial charge >= 0.3 is 0 Å². The zero-order valence-electron chi connectivity index (χ0n) is 9.17. The minimum atomic E-state index is 0.237. The first kappa shape index (κ1) is 10.4. The molecule has 2 unspecified atom stereocenters. The lowest BCUT2D eigenvalue weighted by molar-refractivity contribution is -0.0984. The van der Waals surface area contributed by atoms with E-state index in [9.17, 15) is 5.11 Å². The van der Waals surface area contributed by atoms with E-state index in [1.165, 1.54) is 44.9 Å². The highest BCUT2D eigenvalue weighted by atomic mass is 16.5. The minimum Gasteiger partial charge on any atom is -0.396 e. The topological polar surface area (TPSA) is 29.5 Å². The highest BCUT2D eigenvalue weighted by Gasteiger charge is 2.47. The van der Waals surface area contributed by atoms with E-state index >= 15 is 0 Å². The van der Waals surface area contributed by atoms with E-state index in [-0.39, 0.29) is 5.41 Å². The van der Waals surface area contributed by atoms with E-state index in [2.05, 4.69) is 0 Å². The molecule has 2 atom stereocenters. The first-order chi connectivity index (χ1) is 6.82. The molecule has 2 aliphatic rings. The molecule has 2 heteroatoms. The highest BCUT2D eigenvalue weighted by molar-refractivity contribution is 4.97. The van der Waals surface area contributed by atoms with Gasteiger partial charge in [0, 0.05) is 13.7 Å². The van der Waals surface area contributed by atoms with Gasteiger partial charge in [-0.3, -0.25) is 0 Å². The second kappa shape index (κ2) is 4.19. The quantitative estimate of drug-likeness (QED) is 0.754. The van der Waals surface area contributed by atoms with E-state index in [4.69, 9.17) is 4.74 Å². The van der Waals surface area contributed by atoms with Gasteiger partial charge in [0.2, 0.25) is 0 Å². The van der Waals surface area contributed by atoms with Crippen LogP contribution in [-0.2, 0) is 4.74 Å². The normalized spacial score (nSPS) is 36.4. The molecule has 2 rings (SSSR count). The average Bonchev–Trinajstić information content (AvgIpc) is 2.18. The first-order valence-corrected chi connectivity index (χ1v) is 5.96. The van der Waals surface area contributed by atoms with Crippen LogP contribution in [0.1, 0.15) is 44.9 Å². The number of aliphatic hydroxyl groups excluding tert-OH is 1. The molecule has 0 heterocycles. The molecular weight excluding hydrogens is 176 g/mol. The molecule has 82 valence electrons. The van der Waals surface area contributed by atoms with Gasteiger partial charge < -0.3 is 9.84 Å². The molecule has 0 spiro atoms. The smallest absolute Gasteiger partial charge is 0.0605 e. The molecule has 0 amide bonds. The van der Waals surface area contributed by atoms with Gasteiger partial charge in [0.15, 0.2) is 0 Å². The molecule has 0 aromatic heterocycles. The molecule has 2 aliphatic carbocycles. The van der Waals surface area contributed by atoms with Crippen molar-refractivity contribution in [2.45, 2.75) is 51.0 Å². The maximum atomic E-state index is 9.55. The Morgan fingerprint density at radius 2 is 1.93 bits per heavy atom. The van der Waals surface area contributed by atoms with Gasteiger partial charge in [-0.1, -0.05) is 19.3 Å². The lowest BCUT2D eigenvalue weighted by atomic mass is 9.57. The Labute approximate surface area is 86.6 Å². The fraction of sp³-hybridized carbons (Fsp3) is 1.00. The fourth-order valence-electron chi connectivity index (χ4n) is 3.36. The summed E-state index contributed by atoms with van der Waals surface area (Å²) in [7, 11) is 1.83. The second-order valence-corrected chi connectivity index (χ2v) is 5.04. The van der Waals surface area contributed by atoms with Crippen LogP contribution in [-0.4, -0.2) is 24.9 Å². The van der Waals surface area contributed by atoms with Crippen molar-refractivity contribution in [3.63, 3.8) is 0 Å². The minimum absolute atomic E-state index is 0.237. The molecule has 14 heavy (non-hydrogen) atoms. The summed E-state index contributed by atoms with van der Waals surface area (Å²) in [6.07, 6.45) is 9.23. The molecule has 0 bridgehead atoms. The standard InChI is InChI=1S/C12H22O2/c1-14-11-6-3-2-5-10(11)12(9-13)7-4-8-12/h10-11,13H,2-9H2,1H3. The van der Waals surface area contributed by atoms with Crippen LogP contribution < -0.4 is 0 Å². The Hall–Kier alpha value is -0.0800. The number of methoxy groups -OCH3 is 1. The maximum absolute atomic E-state index is 9.55. The SMILES string of the molecule is COC1CCCCC1C1(CO)CCC1. The Kier molecular flexibility index (Phi) is 3.13. The Bertz CT molecular complexity index is 181. The second-order valence-electron chi connectivity index (χ2n) is 5.04. The average molecular weight is 198 g/mol. The van der Waals surface area contributed by atoms with Gasteiger partial charge in [-0.15, -0.1) is 0 Å². The summed E-state index contributed by atoms with van der Waals surface area (Å²) in [5.74, 6) is 0.625. The zero-order valence-corrected chi connectivity index (χ0v) is 9.17. The van der Waals surface area contributed by atoms with Crippen molar-refractivity contribution < 1.29 is 9.84 Å². The van der Waals surface area contributed by atoms with E-state index in [0.29, 0.717) is 18.6 Å². The molecule has 2 nitrogen and oxygen atoms in total. The Morgan fingerprint density at radius 1 is 1.21 bits per heavy atom. The molecule has 0 aromatic rings. The third-order valence-electron chi connectivity index (χ3n) is 4.46. The van der Waals surface area contributed by atoms with Crippen LogP contribution in [0.25, 0.3) is 0 Å². The van der Waals surface area contributed by atoms with Crippen LogP contribution in [0.3, 0.4) is 0 Å². The molecule has 2 saturated carbocycles. The molecule has 0 radical (unpaired) electrons. The van der Waals surface area contributed by atoms with Crippen molar-refractivity contribution in [1.82, 2.24) is 0 Å². The number of aliphatic hydroxyl groups is 1. The predicted molar refractivity (Wildman–Crippen MR) is 56.1 cm³/mol. The summed E-state index contributed by atoms with van der Waals surface area (Å²) in [6.45, 7) is 0.373. The fourth-order valence-corrected chi connectivity index (χ4v) is 3.36. The zero-order chi connectivity index (χ0) is 10.0. The van der Waals surface area contributed by atoms with Gasteiger partial charge in [-0.2, -0.15) is 0 Å². The summed E-state index contributed by atoms with van der Waals surface area (Å²) >= 11 is 0. The van der Waals surface area contributed by atoms with Crippen molar-refractivity contribution in [3.05, 3.63) is 0 Å². The predicted octanol–water partition coefficient (Wildman–Crippen LogP) is 2.35. The summed E-state index contributed by atoms with van der Waals surface area (Å²) in [5.41, 5.74) is 0.237. The van der Waals surface area contributed by atoms with Crippen molar-refractivity contribution in [3.8, 4) is 0 Å². The molecule has 2 fully saturated rings. The monoisotopic (exact) mass is 198 g/mol. The maximum Gasteiger partial charge on any atom is 0.0605 e. The highest BCUT2D eigenvalue weighted by Crippen LogP contribution is 2.52. The third kappa shape index (κ3) is 1.59. The van der Waals surface area contributed by atoms with E-state index in [1.807, 2.05) is 7.11 Å². The van der Waals surface area contributed by atoms with Crippen LogP contribution in [0.4, 0.5) is 0 Å². The Balaban J connectivity index is 2.05. The van der Waals surface area contributed by atoms with Gasteiger partial charge in [0.1, 0.15) is 0 Å². The summed E-state index contributed by atoms with van der Waals surface area (Å²) < 4.78 is 5.58.